The van der Waals surface area contributed by atoms with Crippen LogP contribution in [0.25, 0.3) is 33.2 Å². The fourth-order valence-electron chi connectivity index (χ4n) is 4.55. The molecule has 1 N–H and O–H groups in total. The number of ether oxygens (including phenoxy) is 1. The summed E-state index contributed by atoms with van der Waals surface area (Å²) in [6, 6.07) is 35.0. The first-order valence-corrected chi connectivity index (χ1v) is 11.0. The number of fused-ring (bicyclic) bond motifs is 5. The molecule has 0 aliphatic carbocycles. The average Bonchev–Trinajstić information content (AvgIpc) is 3.22. The fourth-order valence-corrected chi connectivity index (χ4v) is 4.55. The van der Waals surface area contributed by atoms with Gasteiger partial charge in [-0.25, -0.2) is 8.80 Å². The van der Waals surface area contributed by atoms with Gasteiger partial charge in [-0.3, -0.25) is 5.32 Å². The number of nitrogens with one attached hydrogen (secondary N) is 1. The Balaban J connectivity index is 1.75. The highest BCUT2D eigenvalue weighted by molar-refractivity contribution is 6.04. The summed E-state index contributed by atoms with van der Waals surface area (Å²) in [5.41, 5.74) is 5.74. The number of aromatic nitrogens is 2. The third-order valence-corrected chi connectivity index (χ3v) is 6.15. The highest BCUT2D eigenvalue weighted by Crippen LogP contribution is 2.34. The molecule has 3 aromatic heterocycles. The van der Waals surface area contributed by atoms with Crippen molar-refractivity contribution in [2.24, 2.45) is 0 Å². The molecule has 0 fully saturated rings. The minimum absolute atomic E-state index is 0.594. The van der Waals surface area contributed by atoms with E-state index in [2.05, 4.69) is 74.8 Å². The zero-order chi connectivity index (χ0) is 23.1. The normalized spacial score (nSPS) is 11.1. The van der Waals surface area contributed by atoms with E-state index in [0.717, 1.165) is 50.4 Å². The van der Waals surface area contributed by atoms with Crippen LogP contribution in [0.4, 0.5) is 11.5 Å². The van der Waals surface area contributed by atoms with Crippen molar-refractivity contribution in [2.75, 3.05) is 12.4 Å². The lowest BCUT2D eigenvalue weighted by atomic mass is 10.1. The second-order valence-corrected chi connectivity index (χ2v) is 8.13. The highest BCUT2D eigenvalue weighted by Gasteiger charge is 2.25. The highest BCUT2D eigenvalue weighted by atomic mass is 16.5. The van der Waals surface area contributed by atoms with Crippen molar-refractivity contribution in [3.05, 3.63) is 109 Å². The van der Waals surface area contributed by atoms with Gasteiger partial charge in [0, 0.05) is 17.0 Å². The molecule has 0 saturated heterocycles. The zero-order valence-corrected chi connectivity index (χ0v) is 18.6. The van der Waals surface area contributed by atoms with Crippen molar-refractivity contribution in [3.63, 3.8) is 0 Å². The summed E-state index contributed by atoms with van der Waals surface area (Å²) in [6.07, 6.45) is 1.89. The first-order chi connectivity index (χ1) is 16.8. The number of hydrogen-bond acceptors (Lipinski definition) is 3. The molecule has 6 aromatic rings. The minimum atomic E-state index is 0.594. The quantitative estimate of drug-likeness (QED) is 0.335. The van der Waals surface area contributed by atoms with Crippen molar-refractivity contribution in [1.29, 1.82) is 5.26 Å². The molecule has 34 heavy (non-hydrogen) atoms. The maximum absolute atomic E-state index is 9.61. The first-order valence-electron chi connectivity index (χ1n) is 11.0. The first kappa shape index (κ1) is 19.8. The van der Waals surface area contributed by atoms with Crippen molar-refractivity contribution < 1.29 is 9.14 Å². The summed E-state index contributed by atoms with van der Waals surface area (Å²) in [7, 11) is 1.66. The molecule has 0 aliphatic rings. The lowest BCUT2D eigenvalue weighted by Gasteiger charge is -2.07. The lowest BCUT2D eigenvalue weighted by Crippen LogP contribution is -2.23. The van der Waals surface area contributed by atoms with Crippen molar-refractivity contribution in [2.45, 2.75) is 0 Å². The molecule has 0 spiro atoms. The Labute approximate surface area is 196 Å². The van der Waals surface area contributed by atoms with Gasteiger partial charge in [-0.15, -0.1) is 0 Å². The third kappa shape index (κ3) is 3.13. The van der Waals surface area contributed by atoms with Gasteiger partial charge in [-0.1, -0.05) is 54.6 Å². The van der Waals surface area contributed by atoms with Gasteiger partial charge in [0.25, 0.3) is 5.82 Å². The lowest BCUT2D eigenvalue weighted by molar-refractivity contribution is -0.494. The van der Waals surface area contributed by atoms with Crippen molar-refractivity contribution in [3.8, 4) is 23.1 Å². The van der Waals surface area contributed by atoms with Crippen LogP contribution in [0, 0.1) is 11.3 Å². The van der Waals surface area contributed by atoms with E-state index in [4.69, 9.17) is 4.74 Å². The Bertz CT molecular complexity index is 1710. The smallest absolute Gasteiger partial charge is 0.272 e. The predicted octanol–water partition coefficient (Wildman–Crippen LogP) is 6.12. The molecule has 0 bridgehead atoms. The maximum atomic E-state index is 9.61. The second-order valence-electron chi connectivity index (χ2n) is 8.13. The Hall–Kier alpha value is -4.82. The van der Waals surface area contributed by atoms with Crippen LogP contribution in [-0.2, 0) is 0 Å². The summed E-state index contributed by atoms with van der Waals surface area (Å²) < 4.78 is 9.66. The summed E-state index contributed by atoms with van der Waals surface area (Å²) in [5, 5.41) is 15.5. The molecule has 0 unspecified atom stereocenters. The summed E-state index contributed by atoms with van der Waals surface area (Å²) in [5.74, 6) is 1.69. The van der Waals surface area contributed by atoms with E-state index in [1.54, 1.807) is 7.11 Å². The SMILES string of the molecule is COc1ccc(Nc2c3c4ccccc4cc(-c4ccccc4)n3c3ccc(C#N)c[n+]23)cc1. The molecule has 0 saturated carbocycles. The number of pyridine rings is 2. The topological polar surface area (TPSA) is 53.6 Å². The monoisotopic (exact) mass is 441 g/mol. The number of rotatable bonds is 4. The van der Waals surface area contributed by atoms with Crippen LogP contribution >= 0.6 is 0 Å². The van der Waals surface area contributed by atoms with Crippen molar-refractivity contribution in [1.82, 2.24) is 4.40 Å². The largest absolute Gasteiger partial charge is 0.497 e. The zero-order valence-electron chi connectivity index (χ0n) is 18.6. The molecule has 3 heterocycles. The van der Waals surface area contributed by atoms with Gasteiger partial charge >= 0.3 is 0 Å². The van der Waals surface area contributed by atoms with Crippen LogP contribution in [0.1, 0.15) is 5.56 Å². The molecule has 5 nitrogen and oxygen atoms in total. The number of benzene rings is 3. The fraction of sp³-hybridized carbons (Fsp3) is 0.0345. The standard InChI is InChI=1S/C29H21N4O/c1-34-24-14-12-23(13-15-24)31-29-28-25-10-6-5-9-22(25)17-26(21-7-3-2-4-8-21)33(28)27-16-11-20(18-30)19-32(27)29/h2-17,19,31H,1H3/q+1. The maximum Gasteiger partial charge on any atom is 0.272 e. The number of anilines is 2. The van der Waals surface area contributed by atoms with Crippen LogP contribution in [0.2, 0.25) is 0 Å². The number of imidazole rings is 1. The molecule has 0 atom stereocenters. The Morgan fingerprint density at radius 1 is 0.882 bits per heavy atom. The molecule has 162 valence electrons. The third-order valence-electron chi connectivity index (χ3n) is 6.15. The predicted molar refractivity (Wildman–Crippen MR) is 134 cm³/mol. The van der Waals surface area contributed by atoms with Crippen LogP contribution in [-0.4, -0.2) is 11.5 Å². The average molecular weight is 442 g/mol. The van der Waals surface area contributed by atoms with E-state index >= 15 is 0 Å². The Morgan fingerprint density at radius 3 is 2.41 bits per heavy atom. The van der Waals surface area contributed by atoms with Gasteiger partial charge in [0.1, 0.15) is 17.5 Å². The van der Waals surface area contributed by atoms with Crippen LogP contribution in [0.5, 0.6) is 5.75 Å². The molecule has 3 aromatic carbocycles. The summed E-state index contributed by atoms with van der Waals surface area (Å²) in [4.78, 5) is 0. The molecule has 0 radical (unpaired) electrons. The molecule has 6 rings (SSSR count). The second kappa shape index (κ2) is 7.95. The van der Waals surface area contributed by atoms with Gasteiger partial charge in [0.05, 0.1) is 24.6 Å². The number of nitriles is 1. The number of methoxy groups -OCH3 is 1. The van der Waals surface area contributed by atoms with Crippen LogP contribution in [0.3, 0.4) is 0 Å². The molecule has 5 heteroatoms. The van der Waals surface area contributed by atoms with E-state index in [9.17, 15) is 5.26 Å². The van der Waals surface area contributed by atoms with Gasteiger partial charge in [-0.05, 0) is 41.8 Å². The van der Waals surface area contributed by atoms with E-state index in [-0.39, 0.29) is 0 Å². The van der Waals surface area contributed by atoms with E-state index < -0.39 is 0 Å². The molecular formula is C29H21N4O+. The van der Waals surface area contributed by atoms with Gasteiger partial charge in [0.2, 0.25) is 5.65 Å². The molecule has 0 amide bonds. The Morgan fingerprint density at radius 2 is 1.65 bits per heavy atom. The van der Waals surface area contributed by atoms with Crippen molar-refractivity contribution >= 4 is 33.4 Å². The van der Waals surface area contributed by atoms with Crippen LogP contribution in [0.15, 0.2) is 103 Å². The number of hydrogen-bond donors (Lipinski definition) is 1. The van der Waals surface area contributed by atoms with Gasteiger partial charge in [0.15, 0.2) is 5.52 Å². The summed E-state index contributed by atoms with van der Waals surface area (Å²) in [6.45, 7) is 0. The van der Waals surface area contributed by atoms with E-state index in [1.807, 2.05) is 48.7 Å². The summed E-state index contributed by atoms with van der Waals surface area (Å²) >= 11 is 0. The van der Waals surface area contributed by atoms with Crippen LogP contribution < -0.4 is 14.5 Å². The number of nitrogens with zero attached hydrogens (tertiary/aromatic N) is 3. The minimum Gasteiger partial charge on any atom is -0.497 e. The van der Waals surface area contributed by atoms with Gasteiger partial charge < -0.3 is 4.74 Å². The van der Waals surface area contributed by atoms with E-state index in [1.165, 1.54) is 0 Å². The van der Waals surface area contributed by atoms with E-state index in [0.29, 0.717) is 5.56 Å². The van der Waals surface area contributed by atoms with Gasteiger partial charge in [-0.2, -0.15) is 5.26 Å². The molecule has 0 aliphatic heterocycles. The molecular weight excluding hydrogens is 420 g/mol. The Kier molecular flexibility index (Phi) is 4.64.